The SMILES string of the molecule is CCc1nc(-c2cc(C)ccc2C)nc2[nH]cc(Br)c12. The van der Waals surface area contributed by atoms with Gasteiger partial charge < -0.3 is 4.98 Å². The smallest absolute Gasteiger partial charge is 0.162 e. The fourth-order valence-electron chi connectivity index (χ4n) is 2.42. The fourth-order valence-corrected chi connectivity index (χ4v) is 2.95. The Labute approximate surface area is 126 Å². The summed E-state index contributed by atoms with van der Waals surface area (Å²) >= 11 is 3.55. The molecule has 4 heteroatoms. The number of nitrogens with one attached hydrogen (secondary N) is 1. The second-order valence-corrected chi connectivity index (χ2v) is 5.88. The van der Waals surface area contributed by atoms with E-state index in [1.807, 2.05) is 6.20 Å². The van der Waals surface area contributed by atoms with Gasteiger partial charge in [-0.05, 0) is 47.8 Å². The van der Waals surface area contributed by atoms with Gasteiger partial charge in [0, 0.05) is 16.2 Å². The lowest BCUT2D eigenvalue weighted by Gasteiger charge is -2.08. The molecule has 0 saturated carbocycles. The topological polar surface area (TPSA) is 41.6 Å². The molecule has 0 unspecified atom stereocenters. The van der Waals surface area contributed by atoms with Gasteiger partial charge in [0.1, 0.15) is 5.65 Å². The van der Waals surface area contributed by atoms with Crippen molar-refractivity contribution < 1.29 is 0 Å². The number of hydrogen-bond donors (Lipinski definition) is 1. The van der Waals surface area contributed by atoms with Gasteiger partial charge >= 0.3 is 0 Å². The van der Waals surface area contributed by atoms with Crippen LogP contribution >= 0.6 is 15.9 Å². The molecule has 2 aromatic heterocycles. The first-order valence-corrected chi connectivity index (χ1v) is 7.50. The summed E-state index contributed by atoms with van der Waals surface area (Å²) in [6.45, 7) is 6.31. The van der Waals surface area contributed by atoms with E-state index in [1.165, 1.54) is 11.1 Å². The minimum absolute atomic E-state index is 0.796. The quantitative estimate of drug-likeness (QED) is 0.748. The molecule has 0 atom stereocenters. The van der Waals surface area contributed by atoms with Crippen LogP contribution in [0.25, 0.3) is 22.4 Å². The van der Waals surface area contributed by atoms with Gasteiger partial charge in [0.25, 0.3) is 0 Å². The predicted octanol–water partition coefficient (Wildman–Crippen LogP) is 4.57. The van der Waals surface area contributed by atoms with Crippen molar-refractivity contribution in [3.63, 3.8) is 0 Å². The molecule has 3 aromatic rings. The number of fused-ring (bicyclic) bond motifs is 1. The molecule has 0 saturated heterocycles. The van der Waals surface area contributed by atoms with Gasteiger partial charge in [0.15, 0.2) is 5.82 Å². The van der Waals surface area contributed by atoms with Gasteiger partial charge in [-0.3, -0.25) is 0 Å². The molecule has 0 radical (unpaired) electrons. The first-order chi connectivity index (χ1) is 9.60. The molecule has 0 aliphatic carbocycles. The molecule has 3 rings (SSSR count). The summed E-state index contributed by atoms with van der Waals surface area (Å²) in [6, 6.07) is 6.38. The third kappa shape index (κ3) is 2.14. The number of benzene rings is 1. The van der Waals surface area contributed by atoms with Crippen LogP contribution in [0.5, 0.6) is 0 Å². The number of aryl methyl sites for hydroxylation is 3. The summed E-state index contributed by atoms with van der Waals surface area (Å²) in [5, 5.41) is 1.08. The van der Waals surface area contributed by atoms with E-state index < -0.39 is 0 Å². The number of nitrogens with zero attached hydrogens (tertiary/aromatic N) is 2. The Morgan fingerprint density at radius 2 is 2.00 bits per heavy atom. The van der Waals surface area contributed by atoms with Crippen LogP contribution < -0.4 is 0 Å². The Kier molecular flexibility index (Phi) is 3.34. The van der Waals surface area contributed by atoms with E-state index in [9.17, 15) is 0 Å². The van der Waals surface area contributed by atoms with Crippen molar-refractivity contribution in [1.82, 2.24) is 15.0 Å². The Hall–Kier alpha value is -1.68. The summed E-state index contributed by atoms with van der Waals surface area (Å²) in [4.78, 5) is 12.7. The lowest BCUT2D eigenvalue weighted by atomic mass is 10.0. The van der Waals surface area contributed by atoms with Crippen LogP contribution in [0.4, 0.5) is 0 Å². The van der Waals surface area contributed by atoms with Gasteiger partial charge in [0.2, 0.25) is 0 Å². The molecule has 1 N–H and O–H groups in total. The van der Waals surface area contributed by atoms with Crippen LogP contribution in [-0.4, -0.2) is 15.0 Å². The zero-order valence-corrected chi connectivity index (χ0v) is 13.4. The molecule has 0 aliphatic heterocycles. The van der Waals surface area contributed by atoms with Gasteiger partial charge in [-0.1, -0.05) is 24.6 Å². The standard InChI is InChI=1S/C16H16BrN3/c1-4-13-14-12(17)8-18-16(14)20-15(19-13)11-7-9(2)5-6-10(11)3/h5-8H,4H2,1-3H3,(H,18,19,20). The number of aromatic amines is 1. The van der Waals surface area contributed by atoms with E-state index >= 15 is 0 Å². The van der Waals surface area contributed by atoms with Crippen molar-refractivity contribution in [2.24, 2.45) is 0 Å². The van der Waals surface area contributed by atoms with Crippen molar-refractivity contribution >= 4 is 27.0 Å². The maximum Gasteiger partial charge on any atom is 0.162 e. The molecule has 0 amide bonds. The second kappa shape index (κ2) is 5.02. The molecule has 102 valence electrons. The van der Waals surface area contributed by atoms with Crippen molar-refractivity contribution in [1.29, 1.82) is 0 Å². The first-order valence-electron chi connectivity index (χ1n) is 6.71. The fraction of sp³-hybridized carbons (Fsp3) is 0.250. The lowest BCUT2D eigenvalue weighted by Crippen LogP contribution is -1.98. The first kappa shape index (κ1) is 13.3. The van der Waals surface area contributed by atoms with Crippen molar-refractivity contribution in [3.05, 3.63) is 45.7 Å². The van der Waals surface area contributed by atoms with Crippen molar-refractivity contribution in [2.75, 3.05) is 0 Å². The molecule has 20 heavy (non-hydrogen) atoms. The number of halogens is 1. The monoisotopic (exact) mass is 329 g/mol. The van der Waals surface area contributed by atoms with Crippen LogP contribution in [0.2, 0.25) is 0 Å². The molecule has 0 fully saturated rings. The molecule has 0 spiro atoms. The van der Waals surface area contributed by atoms with E-state index in [0.29, 0.717) is 0 Å². The third-order valence-corrected chi connectivity index (χ3v) is 4.15. The highest BCUT2D eigenvalue weighted by Crippen LogP contribution is 2.29. The second-order valence-electron chi connectivity index (χ2n) is 5.03. The number of H-pyrrole nitrogens is 1. The summed E-state index contributed by atoms with van der Waals surface area (Å²) in [5.41, 5.74) is 5.48. The molecule has 3 nitrogen and oxygen atoms in total. The lowest BCUT2D eigenvalue weighted by molar-refractivity contribution is 1.03. The Balaban J connectivity index is 2.29. The van der Waals surface area contributed by atoms with E-state index in [1.54, 1.807) is 0 Å². The summed E-state index contributed by atoms with van der Waals surface area (Å²) in [6.07, 6.45) is 2.80. The molecular weight excluding hydrogens is 314 g/mol. The zero-order chi connectivity index (χ0) is 14.3. The van der Waals surface area contributed by atoms with E-state index in [-0.39, 0.29) is 0 Å². The average Bonchev–Trinajstić information content (AvgIpc) is 2.82. The summed E-state index contributed by atoms with van der Waals surface area (Å²) < 4.78 is 1.02. The normalized spacial score (nSPS) is 11.2. The zero-order valence-electron chi connectivity index (χ0n) is 11.8. The van der Waals surface area contributed by atoms with Crippen molar-refractivity contribution in [3.8, 4) is 11.4 Å². The summed E-state index contributed by atoms with van der Waals surface area (Å²) in [7, 11) is 0. The Bertz CT molecular complexity index is 790. The van der Waals surface area contributed by atoms with Crippen LogP contribution in [-0.2, 0) is 6.42 Å². The van der Waals surface area contributed by atoms with E-state index in [2.05, 4.69) is 64.9 Å². The molecule has 0 aliphatic rings. The maximum atomic E-state index is 4.76. The van der Waals surface area contributed by atoms with Crippen LogP contribution in [0, 0.1) is 13.8 Å². The highest BCUT2D eigenvalue weighted by atomic mass is 79.9. The Morgan fingerprint density at radius 1 is 1.20 bits per heavy atom. The maximum absolute atomic E-state index is 4.76. The largest absolute Gasteiger partial charge is 0.345 e. The highest BCUT2D eigenvalue weighted by molar-refractivity contribution is 9.10. The average molecular weight is 330 g/mol. The molecule has 2 heterocycles. The van der Waals surface area contributed by atoms with Gasteiger partial charge in [-0.15, -0.1) is 0 Å². The molecule has 0 bridgehead atoms. The van der Waals surface area contributed by atoms with Crippen molar-refractivity contribution in [2.45, 2.75) is 27.2 Å². The van der Waals surface area contributed by atoms with E-state index in [0.717, 1.165) is 39.0 Å². The van der Waals surface area contributed by atoms with Gasteiger partial charge in [-0.2, -0.15) is 0 Å². The van der Waals surface area contributed by atoms with Gasteiger partial charge in [-0.25, -0.2) is 9.97 Å². The number of rotatable bonds is 2. The number of aromatic nitrogens is 3. The van der Waals surface area contributed by atoms with E-state index in [4.69, 9.17) is 4.98 Å². The molecule has 1 aromatic carbocycles. The highest BCUT2D eigenvalue weighted by Gasteiger charge is 2.13. The Morgan fingerprint density at radius 3 is 2.75 bits per heavy atom. The van der Waals surface area contributed by atoms with Crippen LogP contribution in [0.15, 0.2) is 28.9 Å². The minimum Gasteiger partial charge on any atom is -0.345 e. The summed E-state index contributed by atoms with van der Waals surface area (Å²) in [5.74, 6) is 0.796. The predicted molar refractivity (Wildman–Crippen MR) is 85.9 cm³/mol. The molecular formula is C16H16BrN3. The van der Waals surface area contributed by atoms with Crippen LogP contribution in [0.1, 0.15) is 23.7 Å². The van der Waals surface area contributed by atoms with Gasteiger partial charge in [0.05, 0.1) is 11.1 Å². The third-order valence-electron chi connectivity index (χ3n) is 3.53. The number of hydrogen-bond acceptors (Lipinski definition) is 2. The van der Waals surface area contributed by atoms with Crippen LogP contribution in [0.3, 0.4) is 0 Å². The minimum atomic E-state index is 0.796.